The molecule has 11 nitrogen and oxygen atoms in total. The zero-order valence-corrected chi connectivity index (χ0v) is 23.9. The molecule has 0 atom stereocenters. The van der Waals surface area contributed by atoms with Crippen LogP contribution in [-0.4, -0.2) is 53.9 Å². The van der Waals surface area contributed by atoms with Crippen molar-refractivity contribution in [1.82, 2.24) is 19.5 Å². The quantitative estimate of drug-likeness (QED) is 0.185. The highest BCUT2D eigenvalue weighted by atomic mass is 35.5. The number of halogens is 2. The van der Waals surface area contributed by atoms with Gasteiger partial charge in [-0.1, -0.05) is 35.3 Å². The molecule has 0 unspecified atom stereocenters. The van der Waals surface area contributed by atoms with Crippen molar-refractivity contribution < 1.29 is 23.7 Å². The average Bonchev–Trinajstić information content (AvgIpc) is 3.37. The molecule has 0 radical (unpaired) electrons. The number of aromatic nitrogens is 4. The molecule has 0 aliphatic carbocycles. The summed E-state index contributed by atoms with van der Waals surface area (Å²) in [4.78, 5) is 25.6. The first-order valence-corrected chi connectivity index (χ1v) is 12.8. The van der Waals surface area contributed by atoms with E-state index in [9.17, 15) is 4.79 Å². The molecule has 3 aromatic carbocycles. The molecule has 13 heteroatoms. The molecule has 41 heavy (non-hydrogen) atoms. The Kier molecular flexibility index (Phi) is 7.99. The van der Waals surface area contributed by atoms with E-state index in [0.717, 1.165) is 5.52 Å². The van der Waals surface area contributed by atoms with Crippen LogP contribution in [0.4, 0.5) is 23.1 Å². The van der Waals surface area contributed by atoms with E-state index in [4.69, 9.17) is 47.1 Å². The number of hydrogen-bond donors (Lipinski definition) is 2. The summed E-state index contributed by atoms with van der Waals surface area (Å²) in [5.74, 6) is 2.04. The number of carbonyl (C=O) groups excluding carboxylic acids is 1. The molecule has 0 amide bonds. The van der Waals surface area contributed by atoms with Crippen LogP contribution in [0.2, 0.25) is 10.0 Å². The van der Waals surface area contributed by atoms with Gasteiger partial charge in [-0.15, -0.1) is 0 Å². The van der Waals surface area contributed by atoms with Gasteiger partial charge in [0.25, 0.3) is 0 Å². The number of fused-ring (bicyclic) bond motifs is 1. The standard InChI is InChI=1S/C28H24Cl2N6O5/c1-38-19-11-15(27(37)41-4)9-10-17(19)33-22-13-23(32-14-31-22)36-18-8-6-5-7-16(18)34-28(36)35-26-24(29)20(39-2)12-21(40-3)25(26)30/h5-14H,1-4H3,(H,34,35)(H,31,32,33). The number of rotatable bonds is 9. The zero-order chi connectivity index (χ0) is 29.1. The van der Waals surface area contributed by atoms with Crippen LogP contribution in [0.5, 0.6) is 17.2 Å². The van der Waals surface area contributed by atoms with Crippen LogP contribution in [0.3, 0.4) is 0 Å². The van der Waals surface area contributed by atoms with Crippen molar-refractivity contribution in [2.45, 2.75) is 0 Å². The fraction of sp³-hybridized carbons (Fsp3) is 0.143. The molecule has 0 bridgehead atoms. The number of anilines is 4. The minimum atomic E-state index is -0.472. The summed E-state index contributed by atoms with van der Waals surface area (Å²) < 4.78 is 22.9. The van der Waals surface area contributed by atoms with Gasteiger partial charge in [0, 0.05) is 12.1 Å². The number of para-hydroxylation sites is 2. The average molecular weight is 595 g/mol. The van der Waals surface area contributed by atoms with E-state index in [0.29, 0.717) is 57.3 Å². The highest BCUT2D eigenvalue weighted by Gasteiger charge is 2.21. The van der Waals surface area contributed by atoms with Crippen LogP contribution in [0.25, 0.3) is 16.9 Å². The Labute approximate surface area is 245 Å². The summed E-state index contributed by atoms with van der Waals surface area (Å²) >= 11 is 13.3. The van der Waals surface area contributed by atoms with Gasteiger partial charge < -0.3 is 29.6 Å². The number of esters is 1. The summed E-state index contributed by atoms with van der Waals surface area (Å²) in [6.45, 7) is 0. The van der Waals surface area contributed by atoms with Gasteiger partial charge >= 0.3 is 5.97 Å². The zero-order valence-electron chi connectivity index (χ0n) is 22.4. The molecule has 0 aliphatic heterocycles. The summed E-state index contributed by atoms with van der Waals surface area (Å²) in [5, 5.41) is 6.97. The fourth-order valence-electron chi connectivity index (χ4n) is 4.16. The molecule has 2 N–H and O–H groups in total. The van der Waals surface area contributed by atoms with E-state index in [1.807, 2.05) is 24.3 Å². The van der Waals surface area contributed by atoms with E-state index < -0.39 is 5.97 Å². The number of nitrogens with zero attached hydrogens (tertiary/aromatic N) is 4. The topological polar surface area (TPSA) is 122 Å². The van der Waals surface area contributed by atoms with E-state index in [1.54, 1.807) is 34.9 Å². The fourth-order valence-corrected chi connectivity index (χ4v) is 4.76. The van der Waals surface area contributed by atoms with Gasteiger partial charge in [0.1, 0.15) is 45.3 Å². The van der Waals surface area contributed by atoms with Crippen molar-refractivity contribution in [3.8, 4) is 23.1 Å². The Hall–Kier alpha value is -4.74. The molecule has 0 saturated heterocycles. The first kappa shape index (κ1) is 27.8. The number of ether oxygens (including phenoxy) is 4. The lowest BCUT2D eigenvalue weighted by atomic mass is 10.2. The molecule has 0 saturated carbocycles. The molecular weight excluding hydrogens is 571 g/mol. The Morgan fingerprint density at radius 1 is 0.829 bits per heavy atom. The molecule has 0 fully saturated rings. The van der Waals surface area contributed by atoms with Crippen LogP contribution >= 0.6 is 23.2 Å². The lowest BCUT2D eigenvalue weighted by Gasteiger charge is -2.17. The SMILES string of the molecule is COC(=O)c1ccc(Nc2cc(-n3c(Nc4c(Cl)c(OC)cc(OC)c4Cl)nc4ccccc43)ncn2)c(OC)c1. The summed E-state index contributed by atoms with van der Waals surface area (Å²) in [5.41, 5.74) is 2.75. The van der Waals surface area contributed by atoms with Gasteiger partial charge in [0.05, 0.1) is 56.4 Å². The summed E-state index contributed by atoms with van der Waals surface area (Å²) in [6.07, 6.45) is 1.42. The minimum Gasteiger partial charge on any atom is -0.495 e. The Balaban J connectivity index is 1.58. The van der Waals surface area contributed by atoms with Crippen LogP contribution in [0, 0.1) is 0 Å². The van der Waals surface area contributed by atoms with Gasteiger partial charge in [-0.25, -0.2) is 19.7 Å². The van der Waals surface area contributed by atoms with Crippen LogP contribution in [-0.2, 0) is 4.74 Å². The predicted molar refractivity (Wildman–Crippen MR) is 157 cm³/mol. The second-order valence-electron chi connectivity index (χ2n) is 8.46. The molecule has 0 aliphatic rings. The second-order valence-corrected chi connectivity index (χ2v) is 9.22. The smallest absolute Gasteiger partial charge is 0.337 e. The number of imidazole rings is 1. The maximum Gasteiger partial charge on any atom is 0.337 e. The number of methoxy groups -OCH3 is 4. The van der Waals surface area contributed by atoms with Crippen molar-refractivity contribution in [2.75, 3.05) is 39.1 Å². The maximum atomic E-state index is 11.9. The van der Waals surface area contributed by atoms with Crippen molar-refractivity contribution in [1.29, 1.82) is 0 Å². The number of nitrogens with one attached hydrogen (secondary N) is 2. The summed E-state index contributed by atoms with van der Waals surface area (Å²) in [6, 6.07) is 15.8. The molecule has 0 spiro atoms. The van der Waals surface area contributed by atoms with Gasteiger partial charge in [-0.3, -0.25) is 4.57 Å². The maximum absolute atomic E-state index is 11.9. The van der Waals surface area contributed by atoms with Gasteiger partial charge in [-0.05, 0) is 30.3 Å². The van der Waals surface area contributed by atoms with Gasteiger partial charge in [0.2, 0.25) is 5.95 Å². The van der Waals surface area contributed by atoms with Gasteiger partial charge in [0.15, 0.2) is 0 Å². The number of hydrogen-bond acceptors (Lipinski definition) is 10. The third-order valence-electron chi connectivity index (χ3n) is 6.14. The number of carbonyl (C=O) groups is 1. The molecule has 210 valence electrons. The molecule has 2 aromatic heterocycles. The van der Waals surface area contributed by atoms with E-state index >= 15 is 0 Å². The Bertz CT molecular complexity index is 1730. The lowest BCUT2D eigenvalue weighted by Crippen LogP contribution is -2.07. The third-order valence-corrected chi connectivity index (χ3v) is 6.89. The van der Waals surface area contributed by atoms with Crippen molar-refractivity contribution in [3.63, 3.8) is 0 Å². The Morgan fingerprint density at radius 2 is 1.54 bits per heavy atom. The first-order chi connectivity index (χ1) is 19.9. The number of benzene rings is 3. The lowest BCUT2D eigenvalue weighted by molar-refractivity contribution is 0.0600. The molecule has 5 rings (SSSR count). The van der Waals surface area contributed by atoms with E-state index in [1.165, 1.54) is 34.8 Å². The Morgan fingerprint density at radius 3 is 2.22 bits per heavy atom. The molecular formula is C28H24Cl2N6O5. The molecule has 2 heterocycles. The predicted octanol–water partition coefficient (Wildman–Crippen LogP) is 6.42. The van der Waals surface area contributed by atoms with Crippen molar-refractivity contribution in [2.24, 2.45) is 0 Å². The summed E-state index contributed by atoms with van der Waals surface area (Å²) in [7, 11) is 5.83. The van der Waals surface area contributed by atoms with Crippen molar-refractivity contribution in [3.05, 3.63) is 76.5 Å². The normalized spacial score (nSPS) is 10.8. The van der Waals surface area contributed by atoms with Crippen LogP contribution in [0.1, 0.15) is 10.4 Å². The first-order valence-electron chi connectivity index (χ1n) is 12.1. The minimum absolute atomic E-state index is 0.254. The highest BCUT2D eigenvalue weighted by Crippen LogP contribution is 2.45. The van der Waals surface area contributed by atoms with Crippen molar-refractivity contribution >= 4 is 63.3 Å². The van der Waals surface area contributed by atoms with Crippen LogP contribution < -0.4 is 24.8 Å². The van der Waals surface area contributed by atoms with E-state index in [2.05, 4.69) is 20.6 Å². The highest BCUT2D eigenvalue weighted by molar-refractivity contribution is 6.41. The molecule has 5 aromatic rings. The van der Waals surface area contributed by atoms with Gasteiger partial charge in [-0.2, -0.15) is 0 Å². The van der Waals surface area contributed by atoms with Crippen LogP contribution in [0.15, 0.2) is 60.9 Å². The monoisotopic (exact) mass is 594 g/mol. The largest absolute Gasteiger partial charge is 0.495 e. The van der Waals surface area contributed by atoms with E-state index in [-0.39, 0.29) is 10.0 Å². The second kappa shape index (κ2) is 11.8. The third kappa shape index (κ3) is 5.37.